The minimum absolute atomic E-state index is 0.106. The number of phosphoric acid groups is 2. The summed E-state index contributed by atoms with van der Waals surface area (Å²) in [6, 6.07) is 0. The molecule has 0 radical (unpaired) electrons. The Bertz CT molecular complexity index is 1940. The average molecular weight is 1470 g/mol. The molecular weight excluding hydrogens is 1310 g/mol. The van der Waals surface area contributed by atoms with Gasteiger partial charge >= 0.3 is 39.5 Å². The van der Waals surface area contributed by atoms with E-state index in [1.165, 1.54) is 231 Å². The lowest BCUT2D eigenvalue weighted by atomic mass is 10.0. The molecule has 19 heteroatoms. The van der Waals surface area contributed by atoms with Crippen LogP contribution in [0.2, 0.25) is 0 Å². The van der Waals surface area contributed by atoms with Crippen molar-refractivity contribution >= 4 is 39.5 Å². The second-order valence-electron chi connectivity index (χ2n) is 30.6. The number of hydrogen-bond acceptors (Lipinski definition) is 15. The van der Waals surface area contributed by atoms with Gasteiger partial charge in [-0.2, -0.15) is 0 Å². The fraction of sp³-hybridized carbons (Fsp3) is 0.951. The number of hydrogen-bond donors (Lipinski definition) is 3. The van der Waals surface area contributed by atoms with Gasteiger partial charge in [0.25, 0.3) is 0 Å². The Morgan fingerprint density at radius 2 is 0.460 bits per heavy atom. The molecular formula is C81H158O17P2. The molecule has 0 heterocycles. The molecule has 0 fully saturated rings. The summed E-state index contributed by atoms with van der Waals surface area (Å²) in [5, 5.41) is 10.6. The molecule has 17 nitrogen and oxygen atoms in total. The molecule has 0 amide bonds. The lowest BCUT2D eigenvalue weighted by Gasteiger charge is -2.21. The first kappa shape index (κ1) is 98.1. The van der Waals surface area contributed by atoms with Gasteiger partial charge in [-0.3, -0.25) is 37.3 Å². The molecule has 0 rings (SSSR count). The molecule has 0 spiro atoms. The molecule has 0 saturated carbocycles. The number of carbonyl (C=O) groups is 4. The zero-order valence-corrected chi connectivity index (χ0v) is 67.5. The van der Waals surface area contributed by atoms with Gasteiger partial charge in [-0.05, 0) is 43.4 Å². The third-order valence-corrected chi connectivity index (χ3v) is 20.8. The van der Waals surface area contributed by atoms with E-state index < -0.39 is 97.5 Å². The molecule has 3 N–H and O–H groups in total. The first-order chi connectivity index (χ1) is 48.2. The summed E-state index contributed by atoms with van der Waals surface area (Å²) in [5.41, 5.74) is 0. The average Bonchev–Trinajstić information content (AvgIpc) is 0.948. The molecule has 0 aromatic rings. The number of carbonyl (C=O) groups excluding carboxylic acids is 4. The maximum atomic E-state index is 13.1. The van der Waals surface area contributed by atoms with Crippen LogP contribution in [0.1, 0.15) is 421 Å². The van der Waals surface area contributed by atoms with E-state index in [2.05, 4.69) is 48.5 Å². The highest BCUT2D eigenvalue weighted by Crippen LogP contribution is 2.45. The van der Waals surface area contributed by atoms with Crippen molar-refractivity contribution in [3.05, 3.63) is 0 Å². The van der Waals surface area contributed by atoms with Crippen molar-refractivity contribution in [2.75, 3.05) is 39.6 Å². The molecule has 594 valence electrons. The molecule has 0 saturated heterocycles. The second-order valence-corrected chi connectivity index (χ2v) is 33.5. The molecule has 100 heavy (non-hydrogen) atoms. The van der Waals surface area contributed by atoms with Gasteiger partial charge in [0, 0.05) is 25.7 Å². The van der Waals surface area contributed by atoms with Crippen LogP contribution in [-0.4, -0.2) is 96.7 Å². The maximum Gasteiger partial charge on any atom is 0.472 e. The van der Waals surface area contributed by atoms with Gasteiger partial charge < -0.3 is 33.8 Å². The number of phosphoric ester groups is 2. The Morgan fingerprint density at radius 1 is 0.270 bits per heavy atom. The van der Waals surface area contributed by atoms with E-state index in [0.29, 0.717) is 25.7 Å². The highest BCUT2D eigenvalue weighted by molar-refractivity contribution is 7.47. The van der Waals surface area contributed by atoms with Gasteiger partial charge in [-0.1, -0.05) is 370 Å². The molecule has 0 aliphatic rings. The van der Waals surface area contributed by atoms with Crippen molar-refractivity contribution in [3.63, 3.8) is 0 Å². The summed E-state index contributed by atoms with van der Waals surface area (Å²) in [6.07, 6.45) is 59.6. The largest absolute Gasteiger partial charge is 0.472 e. The summed E-state index contributed by atoms with van der Waals surface area (Å²) in [6.45, 7) is 11.9. The van der Waals surface area contributed by atoms with E-state index in [-0.39, 0.29) is 25.7 Å². The van der Waals surface area contributed by atoms with Crippen LogP contribution < -0.4 is 0 Å². The van der Waals surface area contributed by atoms with Crippen molar-refractivity contribution < 1.29 is 80.2 Å². The number of unbranched alkanes of at least 4 members (excludes halogenated alkanes) is 47. The minimum Gasteiger partial charge on any atom is -0.462 e. The van der Waals surface area contributed by atoms with Crippen LogP contribution >= 0.6 is 15.6 Å². The predicted octanol–water partition coefficient (Wildman–Crippen LogP) is 24.1. The fourth-order valence-corrected chi connectivity index (χ4v) is 14.1. The summed E-state index contributed by atoms with van der Waals surface area (Å²) in [5.74, 6) is 0.195. The number of aliphatic hydroxyl groups is 1. The van der Waals surface area contributed by atoms with Crippen LogP contribution in [0.15, 0.2) is 0 Å². The Balaban J connectivity index is 5.26. The van der Waals surface area contributed by atoms with E-state index in [9.17, 15) is 43.2 Å². The zero-order valence-electron chi connectivity index (χ0n) is 65.7. The van der Waals surface area contributed by atoms with Crippen molar-refractivity contribution in [3.8, 4) is 0 Å². The van der Waals surface area contributed by atoms with Gasteiger partial charge in [0.05, 0.1) is 26.4 Å². The van der Waals surface area contributed by atoms with E-state index in [1.807, 2.05) is 0 Å². The quantitative estimate of drug-likeness (QED) is 0.0222. The summed E-state index contributed by atoms with van der Waals surface area (Å²) in [7, 11) is -9.92. The Hall–Kier alpha value is -1.94. The van der Waals surface area contributed by atoms with Crippen molar-refractivity contribution in [1.29, 1.82) is 0 Å². The Morgan fingerprint density at radius 3 is 0.680 bits per heavy atom. The van der Waals surface area contributed by atoms with E-state index >= 15 is 0 Å². The standard InChI is InChI=1S/C81H158O17P2/c1-8-9-10-11-12-13-14-15-16-19-22-28-33-41-48-55-62-78(83)91-68-76(97-80(85)64-57-50-43-34-29-23-20-17-18-21-26-31-38-45-52-59-72(2)3)70-95-99(87,88)93-66-75(82)67-94-100(89,90)96-71-77(69-92-79(84)63-56-49-42-37-36-40-47-54-61-74(6)7)98-81(86)65-58-51-44-35-30-25-24-27-32-39-46-53-60-73(4)5/h72-77,82H,8-71H2,1-7H3,(H,87,88)(H,89,90)/t75-,76-,77-/m1/s1. The van der Waals surface area contributed by atoms with Gasteiger partial charge in [-0.15, -0.1) is 0 Å². The van der Waals surface area contributed by atoms with Crippen LogP contribution in [0.4, 0.5) is 0 Å². The normalized spacial score (nSPS) is 14.0. The van der Waals surface area contributed by atoms with Gasteiger partial charge in [-0.25, -0.2) is 9.13 Å². The third kappa shape index (κ3) is 74.3. The van der Waals surface area contributed by atoms with Crippen LogP contribution in [0, 0.1) is 17.8 Å². The van der Waals surface area contributed by atoms with E-state index in [4.69, 9.17) is 37.0 Å². The Labute approximate surface area is 613 Å². The third-order valence-electron chi connectivity index (χ3n) is 18.9. The minimum atomic E-state index is -4.96. The van der Waals surface area contributed by atoms with Crippen molar-refractivity contribution in [2.24, 2.45) is 17.8 Å². The number of esters is 4. The van der Waals surface area contributed by atoms with Crippen LogP contribution in [0.3, 0.4) is 0 Å². The predicted molar refractivity (Wildman–Crippen MR) is 409 cm³/mol. The maximum absolute atomic E-state index is 13.1. The first-order valence-electron chi connectivity index (χ1n) is 41.8. The van der Waals surface area contributed by atoms with Gasteiger partial charge in [0.1, 0.15) is 19.3 Å². The van der Waals surface area contributed by atoms with Crippen molar-refractivity contribution in [1.82, 2.24) is 0 Å². The van der Waals surface area contributed by atoms with Crippen LogP contribution in [0.25, 0.3) is 0 Å². The summed E-state index contributed by atoms with van der Waals surface area (Å²) >= 11 is 0. The fourth-order valence-electron chi connectivity index (χ4n) is 12.5. The monoisotopic (exact) mass is 1470 g/mol. The molecule has 0 aromatic carbocycles. The summed E-state index contributed by atoms with van der Waals surface area (Å²) in [4.78, 5) is 73.1. The van der Waals surface area contributed by atoms with Gasteiger partial charge in [0.2, 0.25) is 0 Å². The second kappa shape index (κ2) is 71.3. The molecule has 0 bridgehead atoms. The number of aliphatic hydroxyl groups excluding tert-OH is 1. The van der Waals surface area contributed by atoms with Crippen LogP contribution in [-0.2, 0) is 65.4 Å². The molecule has 2 unspecified atom stereocenters. The zero-order chi connectivity index (χ0) is 73.7. The molecule has 0 aromatic heterocycles. The summed E-state index contributed by atoms with van der Waals surface area (Å²) < 4.78 is 68.7. The highest BCUT2D eigenvalue weighted by atomic mass is 31.2. The SMILES string of the molecule is CCCCCCCCCCCCCCCCCCC(=O)OC[C@H](COP(=O)(O)OC[C@@H](O)COP(=O)(O)OC[C@@H](COC(=O)CCCCCCCCCCC(C)C)OC(=O)CCCCCCCCCCCCCCC(C)C)OC(=O)CCCCCCCCCCCCCCCCCC(C)C. The van der Waals surface area contributed by atoms with Crippen molar-refractivity contribution in [2.45, 2.75) is 439 Å². The molecule has 0 aliphatic heterocycles. The lowest BCUT2D eigenvalue weighted by Crippen LogP contribution is -2.30. The number of ether oxygens (including phenoxy) is 4. The van der Waals surface area contributed by atoms with Crippen LogP contribution in [0.5, 0.6) is 0 Å². The van der Waals surface area contributed by atoms with E-state index in [1.54, 1.807) is 0 Å². The molecule has 5 atom stereocenters. The Kier molecular flexibility index (Phi) is 69.9. The van der Waals surface area contributed by atoms with Gasteiger partial charge in [0.15, 0.2) is 12.2 Å². The first-order valence-corrected chi connectivity index (χ1v) is 44.8. The highest BCUT2D eigenvalue weighted by Gasteiger charge is 2.30. The van der Waals surface area contributed by atoms with E-state index in [0.717, 1.165) is 108 Å². The smallest absolute Gasteiger partial charge is 0.462 e. The number of rotatable bonds is 79. The topological polar surface area (TPSA) is 237 Å². The molecule has 0 aliphatic carbocycles. The lowest BCUT2D eigenvalue weighted by molar-refractivity contribution is -0.161.